The third-order valence-electron chi connectivity index (χ3n) is 14.5. The van der Waals surface area contributed by atoms with Crippen molar-refractivity contribution >= 4 is 282 Å². The summed E-state index contributed by atoms with van der Waals surface area (Å²) in [5.41, 5.74) is 8.57. The molecular weight excluding hydrogens is 1450 g/mol. The zero-order chi connectivity index (χ0) is 56.3. The monoisotopic (exact) mass is 1500 g/mol. The highest BCUT2D eigenvalue weighted by Gasteiger charge is 2.51. The van der Waals surface area contributed by atoms with Gasteiger partial charge in [-0.2, -0.15) is 0 Å². The topological polar surface area (TPSA) is 63.2 Å². The van der Waals surface area contributed by atoms with Crippen LogP contribution < -0.4 is 0 Å². The summed E-state index contributed by atoms with van der Waals surface area (Å²) in [6.45, 7) is 19.9. The molecule has 0 fully saturated rings. The minimum atomic E-state index is -0.443. The average molecular weight is 1500 g/mol. The van der Waals surface area contributed by atoms with Gasteiger partial charge in [-0.25, -0.2) is 0 Å². The van der Waals surface area contributed by atoms with Crippen LogP contribution >= 0.6 is 282 Å². The molecule has 0 saturated heterocycles. The summed E-state index contributed by atoms with van der Waals surface area (Å²) in [6.07, 6.45) is 17.8. The summed E-state index contributed by atoms with van der Waals surface area (Å²) in [5, 5.41) is 0. The quantitative estimate of drug-likeness (QED) is 0.135. The maximum Gasteiger partial charge on any atom is 0.0717 e. The fourth-order valence-electron chi connectivity index (χ4n) is 10.2. The number of aromatic nitrogens is 4. The predicted octanol–water partition coefficient (Wildman–Crippen LogP) is 25.2. The molecule has 0 atom stereocenters. The lowest BCUT2D eigenvalue weighted by Gasteiger charge is -2.30. The van der Waals surface area contributed by atoms with E-state index in [1.165, 1.54) is 153 Å². The molecule has 4 nitrogen and oxygen atoms in total. The molecule has 13 rings (SSSR count). The molecule has 0 radical (unpaired) electrons. The third kappa shape index (κ3) is 10.2. The Bertz CT molecular complexity index is 3000. The van der Waals surface area contributed by atoms with Crippen molar-refractivity contribution in [1.29, 1.82) is 0 Å². The van der Waals surface area contributed by atoms with Crippen LogP contribution in [0, 0.1) is 0 Å². The molecule has 424 valence electrons. The second kappa shape index (κ2) is 23.8. The highest BCUT2D eigenvalue weighted by Crippen LogP contribution is 2.73. The van der Waals surface area contributed by atoms with Crippen molar-refractivity contribution in [3.05, 3.63) is 113 Å². The summed E-state index contributed by atoms with van der Waals surface area (Å²) in [4.78, 5) is 28.6. The minimum absolute atomic E-state index is 0.443. The van der Waals surface area contributed by atoms with E-state index < -0.39 is 21.7 Å². The Balaban J connectivity index is 1.05. The Morgan fingerprint density at radius 2 is 0.312 bits per heavy atom. The lowest BCUT2D eigenvalue weighted by Crippen LogP contribution is -2.27. The molecule has 0 unspecified atom stereocenters. The lowest BCUT2D eigenvalue weighted by molar-refractivity contribution is 0.533. The minimum Gasteiger partial charge on any atom is -0.359 e. The standard InChI is InChI=1S/C52H52N4S24/c1-49(2)25-17-19(67-41(65-17)45-73-33(57-9)34(58-10)74-45)27(53-25)50(3,4)29-21-23(71-43(69-21)47-77-37(61-13)38(62-14)78-47)31(55-29)52(7,8)32-24-22(70-44(72-24)48-79-39(63-15)40(64-16)80-48)30(56-32)51(5,6)28-20-18(26(49)54-28)66-42(68-20)46-75-35(59-11)36(60-12)76-46/h53-56H,1-16H3. The molecule has 13 heterocycles. The van der Waals surface area contributed by atoms with E-state index in [0.29, 0.717) is 0 Å². The molecule has 4 aromatic rings. The van der Waals surface area contributed by atoms with Crippen molar-refractivity contribution in [3.8, 4) is 0 Å². The van der Waals surface area contributed by atoms with E-state index in [0.717, 1.165) is 0 Å². The van der Waals surface area contributed by atoms with Crippen molar-refractivity contribution in [2.75, 3.05) is 50.0 Å². The lowest BCUT2D eigenvalue weighted by atomic mass is 9.85. The van der Waals surface area contributed by atoms with Gasteiger partial charge < -0.3 is 19.9 Å². The van der Waals surface area contributed by atoms with E-state index in [4.69, 9.17) is 0 Å². The molecule has 0 saturated carbocycles. The summed E-state index contributed by atoms with van der Waals surface area (Å²) in [6, 6.07) is 0. The largest absolute Gasteiger partial charge is 0.359 e. The first-order chi connectivity index (χ1) is 38.2. The van der Waals surface area contributed by atoms with Crippen LogP contribution in [-0.4, -0.2) is 70.0 Å². The van der Waals surface area contributed by atoms with Crippen LogP contribution in [0.25, 0.3) is 0 Å². The van der Waals surface area contributed by atoms with E-state index in [1.807, 2.05) is 282 Å². The molecule has 0 amide bonds. The predicted molar refractivity (Wildman–Crippen MR) is 404 cm³/mol. The van der Waals surface area contributed by atoms with Gasteiger partial charge in [0.1, 0.15) is 0 Å². The van der Waals surface area contributed by atoms with E-state index in [-0.39, 0.29) is 0 Å². The van der Waals surface area contributed by atoms with Gasteiger partial charge in [-0.1, -0.05) is 188 Å². The van der Waals surface area contributed by atoms with Gasteiger partial charge in [0.2, 0.25) is 0 Å². The van der Waals surface area contributed by atoms with Gasteiger partial charge in [-0.3, -0.25) is 0 Å². The van der Waals surface area contributed by atoms with Gasteiger partial charge in [-0.05, 0) is 105 Å². The van der Waals surface area contributed by atoms with Gasteiger partial charge >= 0.3 is 0 Å². The molecule has 9 aliphatic rings. The summed E-state index contributed by atoms with van der Waals surface area (Å²) in [5.74, 6) is 0. The highest BCUT2D eigenvalue weighted by atomic mass is 32.3. The van der Waals surface area contributed by atoms with Gasteiger partial charge in [0.15, 0.2) is 0 Å². The van der Waals surface area contributed by atoms with Crippen molar-refractivity contribution in [2.24, 2.45) is 0 Å². The average Bonchev–Trinajstić information content (AvgIpc) is 4.40. The Morgan fingerprint density at radius 3 is 0.425 bits per heavy atom. The molecule has 4 N–H and O–H groups in total. The van der Waals surface area contributed by atoms with Crippen LogP contribution in [0.3, 0.4) is 0 Å². The number of thioether (sulfide) groups is 24. The van der Waals surface area contributed by atoms with Crippen LogP contribution in [0.1, 0.15) is 101 Å². The van der Waals surface area contributed by atoms with E-state index in [2.05, 4.69) is 125 Å². The third-order valence-corrected chi connectivity index (χ3v) is 48.0. The second-order valence-electron chi connectivity index (χ2n) is 20.5. The number of fused-ring (bicyclic) bond motifs is 20. The van der Waals surface area contributed by atoms with E-state index >= 15 is 0 Å². The fourth-order valence-corrected chi connectivity index (χ4v) is 43.5. The number of rotatable bonds is 8. The van der Waals surface area contributed by atoms with Crippen molar-refractivity contribution in [2.45, 2.75) is 116 Å². The first-order valence-electron chi connectivity index (χ1n) is 24.4. The smallest absolute Gasteiger partial charge is 0.0717 e. The maximum absolute atomic E-state index is 4.40. The fraction of sp³-hybridized carbons (Fsp3) is 0.385. The van der Waals surface area contributed by atoms with Gasteiger partial charge in [0.05, 0.1) is 67.8 Å². The molecule has 8 bridgehead atoms. The van der Waals surface area contributed by atoms with Crippen molar-refractivity contribution in [1.82, 2.24) is 19.9 Å². The Kier molecular flexibility index (Phi) is 18.6. The molecule has 0 aliphatic carbocycles. The number of H-pyrrole nitrogens is 4. The maximum atomic E-state index is 4.40. The number of hydrogen-bond donors (Lipinski definition) is 4. The summed E-state index contributed by atoms with van der Waals surface area (Å²) in [7, 11) is 0. The molecular formula is C52H52N4S24. The Labute approximate surface area is 573 Å². The summed E-state index contributed by atoms with van der Waals surface area (Å²) >= 11 is 46.9. The number of nitrogens with one attached hydrogen (secondary N) is 4. The number of hydrogen-bond acceptors (Lipinski definition) is 24. The molecule has 28 heteroatoms. The Morgan fingerprint density at radius 1 is 0.200 bits per heavy atom. The Hall–Kier alpha value is 3.44. The molecule has 4 aromatic heterocycles. The first kappa shape index (κ1) is 62.3. The zero-order valence-electron chi connectivity index (χ0n) is 45.8. The van der Waals surface area contributed by atoms with Crippen LogP contribution in [0.5, 0.6) is 0 Å². The van der Waals surface area contributed by atoms with Crippen molar-refractivity contribution in [3.63, 3.8) is 0 Å². The van der Waals surface area contributed by atoms with Crippen LogP contribution in [-0.2, 0) is 21.7 Å². The molecule has 0 spiro atoms. The first-order valence-corrected chi connectivity index (χ1v) is 47.3. The number of aromatic amines is 4. The second-order valence-corrected chi connectivity index (χ2v) is 47.5. The van der Waals surface area contributed by atoms with Gasteiger partial charge in [0.25, 0.3) is 0 Å². The van der Waals surface area contributed by atoms with Crippen LogP contribution in [0.15, 0.2) is 107 Å². The van der Waals surface area contributed by atoms with E-state index in [9.17, 15) is 0 Å². The molecule has 0 aromatic carbocycles. The van der Waals surface area contributed by atoms with Crippen LogP contribution in [0.2, 0.25) is 0 Å². The molecule has 9 aliphatic heterocycles. The normalized spacial score (nSPS) is 22.6. The molecule has 80 heavy (non-hydrogen) atoms. The van der Waals surface area contributed by atoms with Gasteiger partial charge in [0, 0.05) is 106 Å². The van der Waals surface area contributed by atoms with E-state index in [1.54, 1.807) is 0 Å². The zero-order valence-corrected chi connectivity index (χ0v) is 65.4. The van der Waals surface area contributed by atoms with Crippen molar-refractivity contribution < 1.29 is 0 Å². The highest BCUT2D eigenvalue weighted by molar-refractivity contribution is 8.44. The van der Waals surface area contributed by atoms with Gasteiger partial charge in [-0.15, -0.1) is 94.1 Å². The SMILES string of the molecule is CSC1=C(SC)SC(=C2Sc3c4[nH]c(c3S2)C(C)(C)c2[nH]c(c3c2SC(=C2SC(SC)=C(SC)S2)S3)C(C)(C)c2[nH]c(c3c2SC(=C2SC(SC)=C(SC)S2)S3)C(C)(C)c2[nH]c(c3c2SC(=C2SC(SC)=C(SC)S2)S3)C4(C)C)S1. The summed E-state index contributed by atoms with van der Waals surface area (Å²) < 4.78 is 22.6. The van der Waals surface area contributed by atoms with Crippen LogP contribution in [0.4, 0.5) is 0 Å².